The molecule has 1 aliphatic rings. The number of hydrogen-bond acceptors (Lipinski definition) is 6. The number of nitrogens with zero attached hydrogens (tertiary/aromatic N) is 5. The van der Waals surface area contributed by atoms with Crippen LogP contribution in [0.5, 0.6) is 0 Å². The molecule has 3 rings (SSSR count). The Hall–Kier alpha value is -3.10. The Bertz CT molecular complexity index is 796. The van der Waals surface area contributed by atoms with Gasteiger partial charge in [0.1, 0.15) is 6.54 Å². The third-order valence-corrected chi connectivity index (χ3v) is 4.07. The van der Waals surface area contributed by atoms with E-state index in [1.165, 1.54) is 9.70 Å². The largest absolute Gasteiger partial charge is 0.354 e. The minimum atomic E-state index is -0.312. The molecule has 0 aliphatic carbocycles. The monoisotopic (exact) mass is 356 g/mol. The van der Waals surface area contributed by atoms with Gasteiger partial charge in [-0.15, -0.1) is 10.2 Å². The summed E-state index contributed by atoms with van der Waals surface area (Å²) in [6.45, 7) is 2.83. The smallest absolute Gasteiger partial charge is 0.261 e. The maximum Gasteiger partial charge on any atom is 0.261 e. The summed E-state index contributed by atoms with van der Waals surface area (Å²) in [5.74, 6) is -0.424. The third kappa shape index (κ3) is 3.76. The minimum absolute atomic E-state index is 0.0102. The molecular weight excluding hydrogens is 336 g/mol. The van der Waals surface area contributed by atoms with Crippen molar-refractivity contribution in [2.24, 2.45) is 0 Å². The van der Waals surface area contributed by atoms with Crippen LogP contribution in [0.2, 0.25) is 0 Å². The van der Waals surface area contributed by atoms with E-state index in [1.54, 1.807) is 24.3 Å². The Labute approximate surface area is 150 Å². The van der Waals surface area contributed by atoms with Crippen LogP contribution >= 0.6 is 0 Å². The van der Waals surface area contributed by atoms with E-state index in [-0.39, 0.29) is 37.2 Å². The van der Waals surface area contributed by atoms with Crippen molar-refractivity contribution in [2.45, 2.75) is 32.7 Å². The van der Waals surface area contributed by atoms with E-state index in [2.05, 4.69) is 20.7 Å². The number of aromatic nitrogens is 4. The lowest BCUT2D eigenvalue weighted by molar-refractivity contribution is -0.122. The zero-order valence-corrected chi connectivity index (χ0v) is 14.5. The van der Waals surface area contributed by atoms with Crippen molar-refractivity contribution < 1.29 is 14.4 Å². The molecule has 0 radical (unpaired) electrons. The Morgan fingerprint density at radius 3 is 2.50 bits per heavy atom. The SMILES string of the molecule is CCCCNC(=O)Cn1nnc(CCN2C(=O)c3ccccc3C2=O)n1. The Balaban J connectivity index is 1.53. The van der Waals surface area contributed by atoms with E-state index in [1.807, 2.05) is 6.92 Å². The second-order valence-corrected chi connectivity index (χ2v) is 6.00. The summed E-state index contributed by atoms with van der Waals surface area (Å²) in [5, 5.41) is 14.6. The third-order valence-electron chi connectivity index (χ3n) is 4.07. The molecule has 9 nitrogen and oxygen atoms in total. The van der Waals surface area contributed by atoms with Crippen LogP contribution in [-0.2, 0) is 17.8 Å². The van der Waals surface area contributed by atoms with E-state index in [0.717, 1.165) is 12.8 Å². The average Bonchev–Trinajstić information content (AvgIpc) is 3.17. The van der Waals surface area contributed by atoms with Crippen molar-refractivity contribution in [3.05, 3.63) is 41.2 Å². The van der Waals surface area contributed by atoms with E-state index in [4.69, 9.17) is 0 Å². The van der Waals surface area contributed by atoms with Gasteiger partial charge in [0, 0.05) is 19.5 Å². The lowest BCUT2D eigenvalue weighted by Gasteiger charge is -2.11. The summed E-state index contributed by atoms with van der Waals surface area (Å²) in [6, 6.07) is 6.74. The minimum Gasteiger partial charge on any atom is -0.354 e. The molecule has 1 N–H and O–H groups in total. The molecule has 2 heterocycles. The van der Waals surface area contributed by atoms with Crippen LogP contribution in [-0.4, -0.2) is 55.9 Å². The van der Waals surface area contributed by atoms with E-state index >= 15 is 0 Å². The van der Waals surface area contributed by atoms with Crippen molar-refractivity contribution in [1.29, 1.82) is 0 Å². The number of nitrogens with one attached hydrogen (secondary N) is 1. The standard InChI is InChI=1S/C17H20N6O3/c1-2-3-9-18-15(24)11-23-20-14(19-21-23)8-10-22-16(25)12-6-4-5-7-13(12)17(22)26/h4-7H,2-3,8-11H2,1H3,(H,18,24). The highest BCUT2D eigenvalue weighted by atomic mass is 16.2. The van der Waals surface area contributed by atoms with Crippen molar-refractivity contribution >= 4 is 17.7 Å². The average molecular weight is 356 g/mol. The zero-order chi connectivity index (χ0) is 18.5. The molecular formula is C17H20N6O3. The zero-order valence-electron chi connectivity index (χ0n) is 14.5. The van der Waals surface area contributed by atoms with Gasteiger partial charge in [-0.3, -0.25) is 19.3 Å². The Kier molecular flexibility index (Phi) is 5.35. The molecule has 0 atom stereocenters. The van der Waals surface area contributed by atoms with E-state index < -0.39 is 0 Å². The highest BCUT2D eigenvalue weighted by molar-refractivity contribution is 6.21. The highest BCUT2D eigenvalue weighted by Gasteiger charge is 2.34. The quantitative estimate of drug-likeness (QED) is 0.542. The summed E-state index contributed by atoms with van der Waals surface area (Å²) < 4.78 is 0. The lowest BCUT2D eigenvalue weighted by atomic mass is 10.1. The molecule has 0 saturated carbocycles. The number of carbonyl (C=O) groups is 3. The molecule has 0 bridgehead atoms. The summed E-state index contributed by atoms with van der Waals surface area (Å²) in [5.41, 5.74) is 0.829. The number of tetrazole rings is 1. The van der Waals surface area contributed by atoms with Crippen molar-refractivity contribution in [2.75, 3.05) is 13.1 Å². The van der Waals surface area contributed by atoms with E-state index in [9.17, 15) is 14.4 Å². The molecule has 136 valence electrons. The Morgan fingerprint density at radius 1 is 1.15 bits per heavy atom. The predicted octanol–water partition coefficient (Wildman–Crippen LogP) is 0.428. The van der Waals surface area contributed by atoms with Gasteiger partial charge in [-0.05, 0) is 23.8 Å². The first-order valence-electron chi connectivity index (χ1n) is 8.58. The van der Waals surface area contributed by atoms with Crippen LogP contribution in [0.4, 0.5) is 0 Å². The molecule has 9 heteroatoms. The van der Waals surface area contributed by atoms with Crippen LogP contribution in [0, 0.1) is 0 Å². The first kappa shape index (κ1) is 17.7. The van der Waals surface area contributed by atoms with Crippen molar-refractivity contribution in [1.82, 2.24) is 30.4 Å². The molecule has 2 aromatic rings. The molecule has 1 aromatic heterocycles. The number of carbonyl (C=O) groups excluding carboxylic acids is 3. The maximum atomic E-state index is 12.3. The van der Waals surface area contributed by atoms with Gasteiger partial charge in [-0.2, -0.15) is 4.80 Å². The maximum absolute atomic E-state index is 12.3. The van der Waals surface area contributed by atoms with Gasteiger partial charge in [0.25, 0.3) is 11.8 Å². The molecule has 1 aliphatic heterocycles. The topological polar surface area (TPSA) is 110 Å². The van der Waals surface area contributed by atoms with Gasteiger partial charge in [0.05, 0.1) is 11.1 Å². The number of amides is 3. The van der Waals surface area contributed by atoms with Crippen molar-refractivity contribution in [3.8, 4) is 0 Å². The summed E-state index contributed by atoms with van der Waals surface area (Å²) >= 11 is 0. The summed E-state index contributed by atoms with van der Waals surface area (Å²) in [6.07, 6.45) is 2.20. The molecule has 0 saturated heterocycles. The molecule has 26 heavy (non-hydrogen) atoms. The van der Waals surface area contributed by atoms with Gasteiger partial charge in [-0.25, -0.2) is 0 Å². The fourth-order valence-electron chi connectivity index (χ4n) is 2.69. The Morgan fingerprint density at radius 2 is 1.85 bits per heavy atom. The number of rotatable bonds is 8. The van der Waals surface area contributed by atoms with Crippen LogP contribution in [0.1, 0.15) is 46.3 Å². The summed E-state index contributed by atoms with van der Waals surface area (Å²) in [7, 11) is 0. The lowest BCUT2D eigenvalue weighted by Crippen LogP contribution is -2.32. The van der Waals surface area contributed by atoms with Gasteiger partial charge in [0.15, 0.2) is 5.82 Å². The van der Waals surface area contributed by atoms with Crippen molar-refractivity contribution in [3.63, 3.8) is 0 Å². The van der Waals surface area contributed by atoms with Gasteiger partial charge < -0.3 is 5.32 Å². The second-order valence-electron chi connectivity index (χ2n) is 6.00. The van der Waals surface area contributed by atoms with E-state index in [0.29, 0.717) is 23.5 Å². The van der Waals surface area contributed by atoms with Crippen LogP contribution < -0.4 is 5.32 Å². The van der Waals surface area contributed by atoms with Crippen LogP contribution in [0.3, 0.4) is 0 Å². The normalized spacial score (nSPS) is 13.2. The molecule has 0 fully saturated rings. The van der Waals surface area contributed by atoms with Gasteiger partial charge >= 0.3 is 0 Å². The highest BCUT2D eigenvalue weighted by Crippen LogP contribution is 2.22. The van der Waals surface area contributed by atoms with Gasteiger partial charge in [0.2, 0.25) is 5.91 Å². The first-order chi connectivity index (χ1) is 12.6. The molecule has 3 amide bonds. The second kappa shape index (κ2) is 7.85. The number of benzene rings is 1. The molecule has 0 unspecified atom stereocenters. The predicted molar refractivity (Wildman–Crippen MR) is 91.2 cm³/mol. The molecule has 1 aromatic carbocycles. The van der Waals surface area contributed by atoms with Gasteiger partial charge in [-0.1, -0.05) is 25.5 Å². The number of hydrogen-bond donors (Lipinski definition) is 1. The van der Waals surface area contributed by atoms with Crippen LogP contribution in [0.15, 0.2) is 24.3 Å². The van der Waals surface area contributed by atoms with Crippen LogP contribution in [0.25, 0.3) is 0 Å². The molecule has 0 spiro atoms. The fraction of sp³-hybridized carbons (Fsp3) is 0.412. The first-order valence-corrected chi connectivity index (χ1v) is 8.58. The summed E-state index contributed by atoms with van der Waals surface area (Å²) in [4.78, 5) is 38.7. The number of fused-ring (bicyclic) bond motifs is 1. The fourth-order valence-corrected chi connectivity index (χ4v) is 2.69. The number of unbranched alkanes of at least 4 members (excludes halogenated alkanes) is 1. The number of imide groups is 1.